The minimum absolute atomic E-state index is 0.292. The largest absolute Gasteiger partial charge is 0.340 e. The van der Waals surface area contributed by atoms with Crippen LogP contribution >= 0.6 is 22.6 Å². The van der Waals surface area contributed by atoms with Crippen molar-refractivity contribution in [1.29, 1.82) is 0 Å². The van der Waals surface area contributed by atoms with E-state index in [1.165, 1.54) is 0 Å². The predicted octanol–water partition coefficient (Wildman–Crippen LogP) is 4.19. The van der Waals surface area contributed by atoms with E-state index in [9.17, 15) is 8.42 Å². The van der Waals surface area contributed by atoms with E-state index < -0.39 is 9.84 Å². The number of benzene rings is 1. The van der Waals surface area contributed by atoms with E-state index in [0.717, 1.165) is 20.4 Å². The number of hydrogen-bond acceptors (Lipinski definition) is 2. The average molecular weight is 403 g/mol. The van der Waals surface area contributed by atoms with Crippen molar-refractivity contribution in [1.82, 2.24) is 4.98 Å². The van der Waals surface area contributed by atoms with Crippen LogP contribution in [-0.2, 0) is 9.84 Å². The predicted molar refractivity (Wildman–Crippen MR) is 89.0 cm³/mol. The number of aromatic amines is 1. The number of aryl methyl sites for hydroxylation is 1. The van der Waals surface area contributed by atoms with Crippen LogP contribution in [0.1, 0.15) is 36.5 Å². The molecule has 2 rings (SSSR count). The van der Waals surface area contributed by atoms with Crippen molar-refractivity contribution in [3.8, 4) is 0 Å². The molecule has 0 fully saturated rings. The summed E-state index contributed by atoms with van der Waals surface area (Å²) in [6, 6.07) is 6.96. The van der Waals surface area contributed by atoms with Crippen LogP contribution in [0.25, 0.3) is 0 Å². The Morgan fingerprint density at radius 3 is 2.10 bits per heavy atom. The van der Waals surface area contributed by atoms with E-state index in [1.807, 2.05) is 26.0 Å². The first kappa shape index (κ1) is 15.6. The summed E-state index contributed by atoms with van der Waals surface area (Å²) < 4.78 is 26.3. The van der Waals surface area contributed by atoms with Crippen LogP contribution in [0.3, 0.4) is 0 Å². The number of aromatic nitrogens is 1. The van der Waals surface area contributed by atoms with Crippen LogP contribution in [0.4, 0.5) is 0 Å². The minimum atomic E-state index is -3.48. The second-order valence-corrected chi connectivity index (χ2v) is 8.24. The lowest BCUT2D eigenvalue weighted by Crippen LogP contribution is -2.04. The molecule has 108 valence electrons. The Kier molecular flexibility index (Phi) is 4.30. The normalized spacial score (nSPS) is 12.1. The monoisotopic (exact) mass is 403 g/mol. The van der Waals surface area contributed by atoms with Crippen molar-refractivity contribution in [2.45, 2.75) is 43.5 Å². The molecule has 2 aromatic rings. The fraction of sp³-hybridized carbons (Fsp3) is 0.333. The van der Waals surface area contributed by atoms with Crippen molar-refractivity contribution in [3.63, 3.8) is 0 Å². The molecular weight excluding hydrogens is 385 g/mol. The Hall–Kier alpha value is -0.820. The third-order valence-electron chi connectivity index (χ3n) is 3.38. The molecule has 1 N–H and O–H groups in total. The maximum atomic E-state index is 12.7. The third kappa shape index (κ3) is 2.65. The summed E-state index contributed by atoms with van der Waals surface area (Å²) in [5, 5.41) is 0.314. The van der Waals surface area contributed by atoms with Crippen molar-refractivity contribution >= 4 is 32.4 Å². The minimum Gasteiger partial charge on any atom is -0.340 e. The molecule has 0 saturated heterocycles. The first-order chi connectivity index (χ1) is 9.25. The highest BCUT2D eigenvalue weighted by Gasteiger charge is 2.26. The molecule has 5 heteroatoms. The average Bonchev–Trinajstić information content (AvgIpc) is 2.66. The van der Waals surface area contributed by atoms with E-state index in [1.54, 1.807) is 12.1 Å². The summed E-state index contributed by atoms with van der Waals surface area (Å²) in [4.78, 5) is 3.38. The lowest BCUT2D eigenvalue weighted by Gasteiger charge is -2.07. The van der Waals surface area contributed by atoms with Gasteiger partial charge in [0.15, 0.2) is 0 Å². The molecule has 1 heterocycles. The maximum absolute atomic E-state index is 12.7. The van der Waals surface area contributed by atoms with Gasteiger partial charge in [-0.15, -0.1) is 0 Å². The SMILES string of the molecule is Cc1ccc(S(=O)(=O)c2[nH]c(I)c(C(C)C)c2C)cc1. The zero-order valence-corrected chi connectivity index (χ0v) is 15.0. The van der Waals surface area contributed by atoms with Crippen LogP contribution < -0.4 is 0 Å². The van der Waals surface area contributed by atoms with Gasteiger partial charge in [-0.3, -0.25) is 0 Å². The Morgan fingerprint density at radius 2 is 1.65 bits per heavy atom. The zero-order valence-electron chi connectivity index (χ0n) is 12.0. The summed E-state index contributed by atoms with van der Waals surface area (Å²) in [6.45, 7) is 7.95. The topological polar surface area (TPSA) is 49.9 Å². The highest BCUT2D eigenvalue weighted by Crippen LogP contribution is 2.32. The molecule has 0 saturated carbocycles. The Balaban J connectivity index is 2.61. The van der Waals surface area contributed by atoms with Gasteiger partial charge in [-0.2, -0.15) is 0 Å². The Bertz CT molecular complexity index is 728. The van der Waals surface area contributed by atoms with Crippen molar-refractivity contribution in [2.75, 3.05) is 0 Å². The fourth-order valence-electron chi connectivity index (χ4n) is 2.34. The van der Waals surface area contributed by atoms with Crippen molar-refractivity contribution < 1.29 is 8.42 Å². The lowest BCUT2D eigenvalue weighted by molar-refractivity contribution is 0.592. The van der Waals surface area contributed by atoms with E-state index >= 15 is 0 Å². The van der Waals surface area contributed by atoms with Gasteiger partial charge in [0, 0.05) is 0 Å². The van der Waals surface area contributed by atoms with Crippen LogP contribution in [0.2, 0.25) is 0 Å². The van der Waals surface area contributed by atoms with Gasteiger partial charge in [0.05, 0.1) is 8.60 Å². The maximum Gasteiger partial charge on any atom is 0.222 e. The Morgan fingerprint density at radius 1 is 1.10 bits per heavy atom. The Labute approximate surface area is 133 Å². The fourth-order valence-corrected chi connectivity index (χ4v) is 5.30. The first-order valence-corrected chi connectivity index (χ1v) is 9.01. The quantitative estimate of drug-likeness (QED) is 0.782. The first-order valence-electron chi connectivity index (χ1n) is 6.45. The molecule has 0 atom stereocenters. The summed E-state index contributed by atoms with van der Waals surface area (Å²) in [6.07, 6.45) is 0. The highest BCUT2D eigenvalue weighted by atomic mass is 127. The molecule has 0 radical (unpaired) electrons. The number of hydrogen-bond donors (Lipinski definition) is 1. The van der Waals surface area contributed by atoms with E-state index in [0.29, 0.717) is 15.8 Å². The second-order valence-electron chi connectivity index (χ2n) is 5.28. The number of nitrogens with one attached hydrogen (secondary N) is 1. The molecule has 1 aromatic carbocycles. The molecular formula is C15H18INO2S. The molecule has 0 bridgehead atoms. The zero-order chi connectivity index (χ0) is 15.1. The molecule has 1 aromatic heterocycles. The summed E-state index contributed by atoms with van der Waals surface area (Å²) in [5.41, 5.74) is 2.95. The third-order valence-corrected chi connectivity index (χ3v) is 6.07. The van der Waals surface area contributed by atoms with Gasteiger partial charge in [0.25, 0.3) is 0 Å². The summed E-state index contributed by atoms with van der Waals surface area (Å²) in [5.74, 6) is 0.292. The number of halogens is 1. The standard InChI is InChI=1S/C15H18INO2S/c1-9(2)13-11(4)15(17-14(13)16)20(18,19)12-7-5-10(3)6-8-12/h5-9,17H,1-4H3. The van der Waals surface area contributed by atoms with Crippen LogP contribution in [0.15, 0.2) is 34.2 Å². The van der Waals surface area contributed by atoms with Gasteiger partial charge < -0.3 is 4.98 Å². The number of H-pyrrole nitrogens is 1. The van der Waals surface area contributed by atoms with Gasteiger partial charge >= 0.3 is 0 Å². The van der Waals surface area contributed by atoms with E-state index in [2.05, 4.69) is 41.4 Å². The number of rotatable bonds is 3. The molecule has 0 aliphatic carbocycles. The molecule has 0 aliphatic rings. The number of sulfone groups is 1. The lowest BCUT2D eigenvalue weighted by atomic mass is 10.0. The molecule has 0 aliphatic heterocycles. The van der Waals surface area contributed by atoms with Crippen molar-refractivity contribution in [2.24, 2.45) is 0 Å². The molecule has 0 spiro atoms. The van der Waals surface area contributed by atoms with Crippen molar-refractivity contribution in [3.05, 3.63) is 44.7 Å². The molecule has 3 nitrogen and oxygen atoms in total. The van der Waals surface area contributed by atoms with Crippen LogP contribution in [0, 0.1) is 17.5 Å². The van der Waals surface area contributed by atoms with E-state index in [-0.39, 0.29) is 0 Å². The molecule has 20 heavy (non-hydrogen) atoms. The van der Waals surface area contributed by atoms with Gasteiger partial charge in [0.2, 0.25) is 9.84 Å². The van der Waals surface area contributed by atoms with Crippen LogP contribution in [0.5, 0.6) is 0 Å². The second kappa shape index (κ2) is 5.52. The summed E-state index contributed by atoms with van der Waals surface area (Å²) in [7, 11) is -3.48. The van der Waals surface area contributed by atoms with Crippen LogP contribution in [-0.4, -0.2) is 13.4 Å². The summed E-state index contributed by atoms with van der Waals surface area (Å²) >= 11 is 2.17. The molecule has 0 amide bonds. The van der Waals surface area contributed by atoms with Gasteiger partial charge in [-0.05, 0) is 65.6 Å². The molecule has 0 unspecified atom stereocenters. The van der Waals surface area contributed by atoms with Gasteiger partial charge in [-0.1, -0.05) is 31.5 Å². The van der Waals surface area contributed by atoms with E-state index in [4.69, 9.17) is 0 Å². The highest BCUT2D eigenvalue weighted by molar-refractivity contribution is 14.1. The van der Waals surface area contributed by atoms with Gasteiger partial charge in [-0.25, -0.2) is 8.42 Å². The van der Waals surface area contributed by atoms with Gasteiger partial charge in [0.1, 0.15) is 5.03 Å². The smallest absolute Gasteiger partial charge is 0.222 e.